The van der Waals surface area contributed by atoms with E-state index < -0.39 is 18.2 Å². The maximum absolute atomic E-state index is 14.7. The Kier molecular flexibility index (Phi) is 10.4. The van der Waals surface area contributed by atoms with Crippen molar-refractivity contribution >= 4 is 48.2 Å². The highest BCUT2D eigenvalue weighted by molar-refractivity contribution is 5.90. The first-order valence-electron chi connectivity index (χ1n) is 10.8. The lowest BCUT2D eigenvalue weighted by atomic mass is 10.1. The van der Waals surface area contributed by atoms with Crippen LogP contribution >= 0.6 is 24.8 Å². The molecule has 4 N–H and O–H groups in total. The van der Waals surface area contributed by atoms with Crippen molar-refractivity contribution in [2.45, 2.75) is 18.6 Å². The van der Waals surface area contributed by atoms with Crippen molar-refractivity contribution in [3.05, 3.63) is 59.9 Å². The Morgan fingerprint density at radius 2 is 1.88 bits per heavy atom. The van der Waals surface area contributed by atoms with Crippen molar-refractivity contribution in [3.8, 4) is 0 Å². The van der Waals surface area contributed by atoms with E-state index in [1.165, 1.54) is 11.0 Å². The Morgan fingerprint density at radius 3 is 2.56 bits per heavy atom. The van der Waals surface area contributed by atoms with Crippen molar-refractivity contribution in [3.63, 3.8) is 0 Å². The fourth-order valence-electron chi connectivity index (χ4n) is 3.97. The third-order valence-electron chi connectivity index (χ3n) is 5.71. The maximum Gasteiger partial charge on any atom is 0.414 e. The van der Waals surface area contributed by atoms with Crippen molar-refractivity contribution < 1.29 is 18.7 Å². The number of hydrogen-bond acceptors (Lipinski definition) is 6. The lowest BCUT2D eigenvalue weighted by Gasteiger charge is -2.30. The van der Waals surface area contributed by atoms with Gasteiger partial charge in [-0.3, -0.25) is 9.69 Å². The SMILES string of the molecule is Cl.Cl.NC(Cc1ccccc1)C(=O)NC[C@H]1CN(c2ccc(N3CCNCC3)c(F)c2)C(=O)O1. The molecule has 0 aromatic heterocycles. The van der Waals surface area contributed by atoms with Gasteiger partial charge in [0.25, 0.3) is 0 Å². The van der Waals surface area contributed by atoms with Crippen molar-refractivity contribution in [1.82, 2.24) is 10.6 Å². The monoisotopic (exact) mass is 513 g/mol. The molecule has 0 bridgehead atoms. The topological polar surface area (TPSA) is 99.9 Å². The van der Waals surface area contributed by atoms with E-state index in [4.69, 9.17) is 10.5 Å². The number of hydrogen-bond donors (Lipinski definition) is 3. The normalized spacial score (nSPS) is 18.4. The van der Waals surface area contributed by atoms with Gasteiger partial charge < -0.3 is 26.0 Å². The summed E-state index contributed by atoms with van der Waals surface area (Å²) in [5, 5.41) is 5.98. The lowest BCUT2D eigenvalue weighted by molar-refractivity contribution is -0.122. The van der Waals surface area contributed by atoms with Gasteiger partial charge in [0.05, 0.1) is 30.5 Å². The molecule has 4 rings (SSSR count). The Labute approximate surface area is 210 Å². The molecule has 186 valence electrons. The van der Waals surface area contributed by atoms with Gasteiger partial charge in [0.2, 0.25) is 5.91 Å². The number of rotatable bonds is 7. The summed E-state index contributed by atoms with van der Waals surface area (Å²) in [7, 11) is 0. The molecule has 8 nitrogen and oxygen atoms in total. The van der Waals surface area contributed by atoms with Crippen LogP contribution in [-0.4, -0.2) is 63.4 Å². The third-order valence-corrected chi connectivity index (χ3v) is 5.71. The predicted octanol–water partition coefficient (Wildman–Crippen LogP) is 2.09. The van der Waals surface area contributed by atoms with Gasteiger partial charge in [-0.1, -0.05) is 30.3 Å². The number of halogens is 3. The van der Waals surface area contributed by atoms with E-state index in [1.54, 1.807) is 12.1 Å². The van der Waals surface area contributed by atoms with E-state index in [2.05, 4.69) is 10.6 Å². The van der Waals surface area contributed by atoms with E-state index in [1.807, 2.05) is 35.2 Å². The quantitative estimate of drug-likeness (QED) is 0.524. The molecule has 34 heavy (non-hydrogen) atoms. The highest BCUT2D eigenvalue weighted by Gasteiger charge is 2.33. The maximum atomic E-state index is 14.7. The van der Waals surface area contributed by atoms with Gasteiger partial charge in [0, 0.05) is 26.2 Å². The Bertz CT molecular complexity index is 963. The zero-order valence-corrected chi connectivity index (χ0v) is 20.2. The minimum atomic E-state index is -0.697. The van der Waals surface area contributed by atoms with Gasteiger partial charge in [0.15, 0.2) is 0 Å². The molecule has 2 aromatic rings. The highest BCUT2D eigenvalue weighted by atomic mass is 35.5. The number of anilines is 2. The van der Waals surface area contributed by atoms with Crippen molar-refractivity contribution in [2.75, 3.05) is 49.1 Å². The zero-order chi connectivity index (χ0) is 22.5. The van der Waals surface area contributed by atoms with Crippen LogP contribution in [0, 0.1) is 5.82 Å². The summed E-state index contributed by atoms with van der Waals surface area (Å²) >= 11 is 0. The van der Waals surface area contributed by atoms with Crippen LogP contribution in [0.5, 0.6) is 0 Å². The van der Waals surface area contributed by atoms with Crippen molar-refractivity contribution in [1.29, 1.82) is 0 Å². The average Bonchev–Trinajstić information content (AvgIpc) is 3.19. The number of nitrogens with two attached hydrogens (primary N) is 1. The average molecular weight is 514 g/mol. The molecule has 2 aliphatic rings. The Hall–Kier alpha value is -2.59. The summed E-state index contributed by atoms with van der Waals surface area (Å²) in [4.78, 5) is 28.0. The molecule has 1 unspecified atom stereocenters. The summed E-state index contributed by atoms with van der Waals surface area (Å²) < 4.78 is 20.1. The van der Waals surface area contributed by atoms with Crippen molar-refractivity contribution in [2.24, 2.45) is 5.73 Å². The second-order valence-electron chi connectivity index (χ2n) is 8.03. The molecule has 2 saturated heterocycles. The molecule has 2 fully saturated rings. The number of amides is 2. The number of benzene rings is 2. The van der Waals surface area contributed by atoms with Gasteiger partial charge in [-0.2, -0.15) is 0 Å². The van der Waals surface area contributed by atoms with Crippen LogP contribution in [0.15, 0.2) is 48.5 Å². The number of carbonyl (C=O) groups is 2. The number of piperazine rings is 1. The van der Waals surface area contributed by atoms with E-state index in [0.717, 1.165) is 31.7 Å². The molecule has 2 aromatic carbocycles. The van der Waals surface area contributed by atoms with E-state index in [9.17, 15) is 14.0 Å². The van der Waals surface area contributed by atoms with E-state index in [0.29, 0.717) is 17.8 Å². The van der Waals surface area contributed by atoms with Crippen LogP contribution in [0.3, 0.4) is 0 Å². The Balaban J connectivity index is 0.00000204. The van der Waals surface area contributed by atoms with Crippen LogP contribution in [0.4, 0.5) is 20.6 Å². The fraction of sp³-hybridized carbons (Fsp3) is 0.391. The van der Waals surface area contributed by atoms with Gasteiger partial charge in [-0.05, 0) is 30.2 Å². The van der Waals surface area contributed by atoms with Crippen LogP contribution in [0.2, 0.25) is 0 Å². The van der Waals surface area contributed by atoms with Crippen LogP contribution in [0.25, 0.3) is 0 Å². The molecular formula is C23H30Cl2FN5O3. The fourth-order valence-corrected chi connectivity index (χ4v) is 3.97. The second kappa shape index (κ2) is 12.8. The first-order valence-corrected chi connectivity index (χ1v) is 10.8. The van der Waals surface area contributed by atoms with E-state index >= 15 is 0 Å². The molecule has 0 radical (unpaired) electrons. The number of nitrogens with one attached hydrogen (secondary N) is 2. The number of nitrogens with zero attached hydrogens (tertiary/aromatic N) is 2. The number of ether oxygens (including phenoxy) is 1. The first-order chi connectivity index (χ1) is 15.5. The molecule has 0 aliphatic carbocycles. The van der Waals surface area contributed by atoms with E-state index in [-0.39, 0.29) is 49.6 Å². The molecule has 2 atom stereocenters. The standard InChI is InChI=1S/C23H28FN5O3.2ClH/c24-19-13-17(6-7-21(19)28-10-8-26-9-11-28)29-15-18(32-23(29)31)14-27-22(30)20(25)12-16-4-2-1-3-5-16;;/h1-7,13,18,20,26H,8-12,14-15,25H2,(H,27,30);2*1H/t18-,20?;;/m0../s1. The molecule has 0 spiro atoms. The van der Waals surface area contributed by atoms with Crippen LogP contribution in [-0.2, 0) is 16.0 Å². The Morgan fingerprint density at radius 1 is 1.18 bits per heavy atom. The van der Waals surface area contributed by atoms with Crippen LogP contribution < -0.4 is 26.2 Å². The largest absolute Gasteiger partial charge is 0.442 e. The molecule has 2 amide bonds. The predicted molar refractivity (Wildman–Crippen MR) is 135 cm³/mol. The van der Waals surface area contributed by atoms with Gasteiger partial charge in [-0.15, -0.1) is 24.8 Å². The lowest BCUT2D eigenvalue weighted by Crippen LogP contribution is -2.45. The molecule has 2 heterocycles. The second-order valence-corrected chi connectivity index (χ2v) is 8.03. The zero-order valence-electron chi connectivity index (χ0n) is 18.6. The van der Waals surface area contributed by atoms with Crippen LogP contribution in [0.1, 0.15) is 5.56 Å². The van der Waals surface area contributed by atoms with Gasteiger partial charge >= 0.3 is 6.09 Å². The summed E-state index contributed by atoms with van der Waals surface area (Å²) in [6.45, 7) is 3.45. The van der Waals surface area contributed by atoms with Gasteiger partial charge in [-0.25, -0.2) is 9.18 Å². The smallest absolute Gasteiger partial charge is 0.414 e. The molecule has 11 heteroatoms. The minimum absolute atomic E-state index is 0. The number of cyclic esters (lactones) is 1. The first kappa shape index (κ1) is 27.7. The number of carbonyl (C=O) groups excluding carboxylic acids is 2. The summed E-state index contributed by atoms with van der Waals surface area (Å²) in [6, 6.07) is 13.6. The molecule has 2 aliphatic heterocycles. The highest BCUT2D eigenvalue weighted by Crippen LogP contribution is 2.28. The van der Waals surface area contributed by atoms with Gasteiger partial charge in [0.1, 0.15) is 11.9 Å². The minimum Gasteiger partial charge on any atom is -0.442 e. The molecule has 0 saturated carbocycles. The third kappa shape index (κ3) is 6.73. The summed E-state index contributed by atoms with van der Waals surface area (Å²) in [6.07, 6.45) is -0.680. The molecular weight excluding hydrogens is 484 g/mol. The summed E-state index contributed by atoms with van der Waals surface area (Å²) in [5.41, 5.74) is 7.92. The summed E-state index contributed by atoms with van der Waals surface area (Å²) in [5.74, 6) is -0.685.